The monoisotopic (exact) mass is 522 g/mol. The quantitative estimate of drug-likeness (QED) is 0.327. The third kappa shape index (κ3) is 5.40. The lowest BCUT2D eigenvalue weighted by Gasteiger charge is -2.50. The van der Waals surface area contributed by atoms with E-state index < -0.39 is 10.0 Å². The van der Waals surface area contributed by atoms with E-state index in [-0.39, 0.29) is 23.0 Å². The number of ether oxygens (including phenoxy) is 2. The van der Waals surface area contributed by atoms with E-state index in [0.29, 0.717) is 24.5 Å². The van der Waals surface area contributed by atoms with Gasteiger partial charge in [-0.1, -0.05) is 36.8 Å². The molecule has 1 atom stereocenters. The molecule has 1 aliphatic heterocycles. The fourth-order valence-corrected chi connectivity index (χ4v) is 6.70. The molecule has 7 nitrogen and oxygen atoms in total. The number of hydrogen-bond acceptors (Lipinski definition) is 6. The predicted molar refractivity (Wildman–Crippen MR) is 145 cm³/mol. The lowest BCUT2D eigenvalue weighted by atomic mass is 9.58. The van der Waals surface area contributed by atoms with Crippen molar-refractivity contribution >= 4 is 15.7 Å². The number of para-hydroxylation sites is 2. The average molecular weight is 523 g/mol. The van der Waals surface area contributed by atoms with Gasteiger partial charge in [0.1, 0.15) is 17.2 Å². The van der Waals surface area contributed by atoms with Crippen LogP contribution < -0.4 is 19.5 Å². The van der Waals surface area contributed by atoms with E-state index in [1.54, 1.807) is 36.4 Å². The van der Waals surface area contributed by atoms with Gasteiger partial charge in [0.2, 0.25) is 10.0 Å². The summed E-state index contributed by atoms with van der Waals surface area (Å²) >= 11 is 0. The van der Waals surface area contributed by atoms with Crippen LogP contribution in [0.2, 0.25) is 0 Å². The van der Waals surface area contributed by atoms with Crippen LogP contribution in [0.5, 0.6) is 17.2 Å². The zero-order chi connectivity index (χ0) is 25.9. The Morgan fingerprint density at radius 2 is 1.86 bits per heavy atom. The van der Waals surface area contributed by atoms with Gasteiger partial charge in [-0.15, -0.1) is 0 Å². The Bertz CT molecular complexity index is 1340. The summed E-state index contributed by atoms with van der Waals surface area (Å²) in [6.07, 6.45) is 4.70. The molecule has 0 saturated heterocycles. The molecule has 2 aliphatic rings. The largest absolute Gasteiger partial charge is 0.508 e. The van der Waals surface area contributed by atoms with Gasteiger partial charge in [0, 0.05) is 11.5 Å². The van der Waals surface area contributed by atoms with Gasteiger partial charge in [0.15, 0.2) is 0 Å². The van der Waals surface area contributed by atoms with Crippen LogP contribution in [0.25, 0.3) is 0 Å². The van der Waals surface area contributed by atoms with E-state index in [9.17, 15) is 13.5 Å². The summed E-state index contributed by atoms with van der Waals surface area (Å²) in [4.78, 5) is 0. The minimum atomic E-state index is -3.53. The highest BCUT2D eigenvalue weighted by Gasteiger charge is 2.47. The Morgan fingerprint density at radius 3 is 2.59 bits per heavy atom. The first-order valence-electron chi connectivity index (χ1n) is 12.8. The number of sulfonamides is 1. The molecule has 0 radical (unpaired) electrons. The van der Waals surface area contributed by atoms with Crippen molar-refractivity contribution in [2.75, 3.05) is 30.7 Å². The summed E-state index contributed by atoms with van der Waals surface area (Å²) in [5, 5.41) is 13.6. The third-order valence-corrected chi connectivity index (χ3v) is 8.97. The minimum absolute atomic E-state index is 0.000262. The smallest absolute Gasteiger partial charge is 0.232 e. The summed E-state index contributed by atoms with van der Waals surface area (Å²) in [5.41, 5.74) is 4.25. The van der Waals surface area contributed by atoms with Crippen LogP contribution in [0, 0.1) is 0 Å². The molecule has 1 fully saturated rings. The van der Waals surface area contributed by atoms with Crippen molar-refractivity contribution in [3.63, 3.8) is 0 Å². The Labute approximate surface area is 218 Å². The standard InChI is InChI=1S/C29H34N2O5S/c1-35-27-7-3-2-6-26(27)31-37(33,34)19-5-18-36-24-13-8-21-14-17-30-28(25(21)20-24)29(15-4-16-29)22-9-11-23(32)12-10-22/h2-3,6-13,20,28,30-32H,4-5,14-19H2,1H3. The minimum Gasteiger partial charge on any atom is -0.508 e. The van der Waals surface area contributed by atoms with E-state index in [1.807, 2.05) is 18.2 Å². The van der Waals surface area contributed by atoms with Crippen LogP contribution in [0.3, 0.4) is 0 Å². The molecule has 1 saturated carbocycles. The topological polar surface area (TPSA) is 96.9 Å². The van der Waals surface area contributed by atoms with Crippen LogP contribution in [0.15, 0.2) is 66.7 Å². The highest BCUT2D eigenvalue weighted by molar-refractivity contribution is 7.92. The molecular weight excluding hydrogens is 488 g/mol. The fourth-order valence-electron chi connectivity index (χ4n) is 5.59. The zero-order valence-corrected chi connectivity index (χ0v) is 21.9. The van der Waals surface area contributed by atoms with Crippen molar-refractivity contribution in [2.45, 2.75) is 43.6 Å². The number of hydrogen-bond donors (Lipinski definition) is 3. The first kappa shape index (κ1) is 25.4. The number of rotatable bonds is 10. The first-order valence-corrected chi connectivity index (χ1v) is 14.5. The maximum absolute atomic E-state index is 12.6. The van der Waals surface area contributed by atoms with Gasteiger partial charge in [-0.3, -0.25) is 4.72 Å². The average Bonchev–Trinajstić information content (AvgIpc) is 2.87. The van der Waals surface area contributed by atoms with Gasteiger partial charge in [0.05, 0.1) is 25.2 Å². The number of aromatic hydroxyl groups is 1. The molecule has 3 aromatic carbocycles. The number of benzene rings is 3. The van der Waals surface area contributed by atoms with E-state index >= 15 is 0 Å². The van der Waals surface area contributed by atoms with E-state index in [0.717, 1.165) is 31.6 Å². The second kappa shape index (κ2) is 10.6. The molecule has 1 heterocycles. The Hall–Kier alpha value is -3.23. The molecule has 5 rings (SSSR count). The molecule has 0 aromatic heterocycles. The van der Waals surface area contributed by atoms with Crippen molar-refractivity contribution in [3.05, 3.63) is 83.4 Å². The van der Waals surface area contributed by atoms with Crippen molar-refractivity contribution in [2.24, 2.45) is 0 Å². The highest BCUT2D eigenvalue weighted by atomic mass is 32.2. The molecule has 0 amide bonds. The second-order valence-corrected chi connectivity index (χ2v) is 11.7. The summed E-state index contributed by atoms with van der Waals surface area (Å²) in [6, 6.07) is 21.0. The zero-order valence-electron chi connectivity index (χ0n) is 21.1. The normalized spacial score (nSPS) is 18.4. The van der Waals surface area contributed by atoms with Gasteiger partial charge in [-0.2, -0.15) is 0 Å². The van der Waals surface area contributed by atoms with Gasteiger partial charge in [-0.05, 0) is 85.3 Å². The van der Waals surface area contributed by atoms with Gasteiger partial charge in [0.25, 0.3) is 0 Å². The van der Waals surface area contributed by atoms with Crippen LogP contribution in [0.4, 0.5) is 5.69 Å². The highest BCUT2D eigenvalue weighted by Crippen LogP contribution is 2.53. The molecule has 1 unspecified atom stereocenters. The number of nitrogens with one attached hydrogen (secondary N) is 2. The number of anilines is 1. The summed E-state index contributed by atoms with van der Waals surface area (Å²) in [6.45, 7) is 1.22. The van der Waals surface area contributed by atoms with E-state index in [1.165, 1.54) is 30.2 Å². The van der Waals surface area contributed by atoms with Crippen molar-refractivity contribution < 1.29 is 23.0 Å². The van der Waals surface area contributed by atoms with E-state index in [4.69, 9.17) is 9.47 Å². The molecule has 0 bridgehead atoms. The molecule has 3 N–H and O–H groups in total. The van der Waals surface area contributed by atoms with Gasteiger partial charge in [-0.25, -0.2) is 8.42 Å². The van der Waals surface area contributed by atoms with E-state index in [2.05, 4.69) is 22.2 Å². The number of fused-ring (bicyclic) bond motifs is 1. The molecule has 8 heteroatoms. The fraction of sp³-hybridized carbons (Fsp3) is 0.379. The Morgan fingerprint density at radius 1 is 1.08 bits per heavy atom. The first-order chi connectivity index (χ1) is 17.9. The van der Waals surface area contributed by atoms with Crippen LogP contribution in [-0.4, -0.2) is 39.5 Å². The molecule has 196 valence electrons. The molecular formula is C29H34N2O5S. The third-order valence-electron chi connectivity index (χ3n) is 7.61. The second-order valence-electron chi connectivity index (χ2n) is 9.88. The summed E-state index contributed by atoms with van der Waals surface area (Å²) in [7, 11) is -2.02. The Balaban J connectivity index is 1.25. The van der Waals surface area contributed by atoms with Crippen LogP contribution >= 0.6 is 0 Å². The predicted octanol–water partition coefficient (Wildman–Crippen LogP) is 4.92. The van der Waals surface area contributed by atoms with Crippen molar-refractivity contribution in [1.29, 1.82) is 0 Å². The Kier molecular flexibility index (Phi) is 7.31. The summed E-state index contributed by atoms with van der Waals surface area (Å²) < 4.78 is 39.0. The van der Waals surface area contributed by atoms with Gasteiger partial charge >= 0.3 is 0 Å². The molecule has 0 spiro atoms. The lowest BCUT2D eigenvalue weighted by molar-refractivity contribution is 0.164. The number of phenols is 1. The SMILES string of the molecule is COc1ccccc1NS(=O)(=O)CCCOc1ccc2c(c1)C(C1(c3ccc(O)cc3)CCC1)NCC2. The van der Waals surface area contributed by atoms with Crippen molar-refractivity contribution in [1.82, 2.24) is 5.32 Å². The van der Waals surface area contributed by atoms with Gasteiger partial charge < -0.3 is 19.9 Å². The van der Waals surface area contributed by atoms with Crippen molar-refractivity contribution in [3.8, 4) is 17.2 Å². The number of phenolic OH excluding ortho intramolecular Hbond substituents is 1. The maximum atomic E-state index is 12.6. The number of methoxy groups -OCH3 is 1. The molecule has 1 aliphatic carbocycles. The lowest BCUT2D eigenvalue weighted by Crippen LogP contribution is -2.49. The molecule has 37 heavy (non-hydrogen) atoms. The molecule has 3 aromatic rings. The van der Waals surface area contributed by atoms with Crippen LogP contribution in [-0.2, 0) is 21.9 Å². The van der Waals surface area contributed by atoms with Crippen LogP contribution in [0.1, 0.15) is 48.4 Å². The maximum Gasteiger partial charge on any atom is 0.232 e. The summed E-state index contributed by atoms with van der Waals surface area (Å²) in [5.74, 6) is 1.47.